The second-order valence-electron chi connectivity index (χ2n) is 2.83. The van der Waals surface area contributed by atoms with Gasteiger partial charge in [0, 0.05) is 0 Å². The summed E-state index contributed by atoms with van der Waals surface area (Å²) in [6.07, 6.45) is -5.18. The molecule has 0 spiro atoms. The molecule has 0 aliphatic heterocycles. The fraction of sp³-hybridized carbons (Fsp3) is 0.143. The van der Waals surface area contributed by atoms with Gasteiger partial charge in [0.25, 0.3) is 6.21 Å². The van der Waals surface area contributed by atoms with Crippen LogP contribution in [0.5, 0.6) is 0 Å². The van der Waals surface area contributed by atoms with E-state index in [4.69, 9.17) is 44.3 Å². The summed E-state index contributed by atoms with van der Waals surface area (Å²) in [4.78, 5) is 0. The Bertz CT molecular complexity index is 280. The van der Waals surface area contributed by atoms with E-state index >= 15 is 0 Å². The molecule has 0 nitrogen and oxygen atoms in total. The maximum atomic E-state index is 6.24. The summed E-state index contributed by atoms with van der Waals surface area (Å²) in [5.74, 6) is 0. The van der Waals surface area contributed by atoms with Gasteiger partial charge >= 0.3 is 6.21 Å². The van der Waals surface area contributed by atoms with Gasteiger partial charge in [0.1, 0.15) is 0 Å². The van der Waals surface area contributed by atoms with Crippen LogP contribution in [0.2, 0.25) is 6.55 Å². The Morgan fingerprint density at radius 2 is 1.38 bits per heavy atom. The smallest absolute Gasteiger partial charge is 0.146 e. The first kappa shape index (κ1) is 11.9. The molecule has 72 valence electrons. The van der Waals surface area contributed by atoms with Crippen molar-refractivity contribution >= 4 is 61.9 Å². The third-order valence-corrected chi connectivity index (χ3v) is 24.7. The van der Waals surface area contributed by atoms with Gasteiger partial charge in [0.2, 0.25) is 0 Å². The topological polar surface area (TPSA) is 0 Å². The molecule has 0 amide bonds. The monoisotopic (exact) mass is 288 g/mol. The molecule has 0 aliphatic rings. The number of halogens is 4. The van der Waals surface area contributed by atoms with Gasteiger partial charge in [-0.25, -0.2) is 0 Å². The van der Waals surface area contributed by atoms with Crippen LogP contribution in [0.25, 0.3) is 0 Å². The van der Waals surface area contributed by atoms with Crippen LogP contribution in [-0.2, 0) is 0 Å². The molecular weight excluding hydrogens is 282 g/mol. The minimum absolute atomic E-state index is 0.887. The Labute approximate surface area is 98.4 Å². The molecule has 1 aromatic rings. The van der Waals surface area contributed by atoms with Crippen LogP contribution in [0.3, 0.4) is 0 Å². The number of benzene rings is 1. The highest BCUT2D eigenvalue weighted by Gasteiger charge is 2.51. The summed E-state index contributed by atoms with van der Waals surface area (Å²) in [6, 6.07) is 9.43. The molecule has 0 atom stereocenters. The first-order valence-corrected chi connectivity index (χ1v) is 13.2. The summed E-state index contributed by atoms with van der Waals surface area (Å²) in [6.45, 7) is 1.76. The Morgan fingerprint density at radius 1 is 0.923 bits per heavy atom. The van der Waals surface area contributed by atoms with Gasteiger partial charge in [0.15, 0.2) is 0 Å². The van der Waals surface area contributed by atoms with Gasteiger partial charge in [-0.2, -0.15) is 0 Å². The van der Waals surface area contributed by atoms with Crippen molar-refractivity contribution in [2.45, 2.75) is 6.55 Å². The lowest BCUT2D eigenvalue weighted by atomic mass is 10.4. The molecule has 0 aliphatic carbocycles. The van der Waals surface area contributed by atoms with Gasteiger partial charge < -0.3 is 0 Å². The molecule has 13 heavy (non-hydrogen) atoms. The second-order valence-corrected chi connectivity index (χ2v) is 24.5. The van der Waals surface area contributed by atoms with Crippen LogP contribution < -0.4 is 5.19 Å². The maximum absolute atomic E-state index is 6.24. The Kier molecular flexibility index (Phi) is 3.77. The summed E-state index contributed by atoms with van der Waals surface area (Å²) >= 11 is 24.6. The van der Waals surface area contributed by atoms with Gasteiger partial charge in [-0.3, -0.25) is 0 Å². The summed E-state index contributed by atoms with van der Waals surface area (Å²) in [7, 11) is 0. The Hall–Kier alpha value is 0.814. The van der Waals surface area contributed by atoms with E-state index in [2.05, 4.69) is 0 Å². The Balaban J connectivity index is 3.08. The van der Waals surface area contributed by atoms with Crippen LogP contribution in [0.4, 0.5) is 0 Å². The molecule has 0 saturated heterocycles. The van der Waals surface area contributed by atoms with Crippen molar-refractivity contribution in [3.63, 3.8) is 0 Å². The maximum Gasteiger partial charge on any atom is 0.301 e. The molecule has 0 N–H and O–H groups in total. The lowest BCUT2D eigenvalue weighted by molar-refractivity contribution is 1.77. The zero-order chi connectivity index (χ0) is 10.1. The lowest BCUT2D eigenvalue weighted by Crippen LogP contribution is -2.54. The van der Waals surface area contributed by atoms with Crippen molar-refractivity contribution < 1.29 is 0 Å². The molecule has 0 radical (unpaired) electrons. The molecule has 0 bridgehead atoms. The predicted molar refractivity (Wildman–Crippen MR) is 66.9 cm³/mol. The average Bonchev–Trinajstić information content (AvgIpc) is 2.04. The third-order valence-electron chi connectivity index (χ3n) is 1.69. The van der Waals surface area contributed by atoms with Crippen LogP contribution in [0.15, 0.2) is 30.3 Å². The first-order valence-electron chi connectivity index (χ1n) is 3.67. The summed E-state index contributed by atoms with van der Waals surface area (Å²) in [5.41, 5.74) is 0. The van der Waals surface area contributed by atoms with E-state index in [0.717, 1.165) is 5.19 Å². The van der Waals surface area contributed by atoms with Crippen molar-refractivity contribution in [3.05, 3.63) is 30.3 Å². The predicted octanol–water partition coefficient (Wildman–Crippen LogP) is 3.44. The van der Waals surface area contributed by atoms with Crippen molar-refractivity contribution in [2.24, 2.45) is 0 Å². The average molecular weight is 290 g/mol. The molecule has 6 heteroatoms. The Morgan fingerprint density at radius 3 is 1.77 bits per heavy atom. The summed E-state index contributed by atoms with van der Waals surface area (Å²) in [5, 5.41) is 0.887. The van der Waals surface area contributed by atoms with Crippen molar-refractivity contribution in [3.8, 4) is 0 Å². The highest BCUT2D eigenvalue weighted by Crippen LogP contribution is 2.33. The van der Waals surface area contributed by atoms with E-state index in [-0.39, 0.29) is 0 Å². The van der Waals surface area contributed by atoms with Crippen LogP contribution in [-0.4, -0.2) is 12.4 Å². The van der Waals surface area contributed by atoms with Gasteiger partial charge in [-0.1, -0.05) is 30.3 Å². The zero-order valence-electron chi connectivity index (χ0n) is 6.90. The molecule has 1 aromatic carbocycles. The minimum atomic E-state index is -2.67. The highest BCUT2D eigenvalue weighted by atomic mass is 35.8. The normalized spacial score (nSPS) is 13.0. The number of hydrogen-bond donors (Lipinski definition) is 0. The van der Waals surface area contributed by atoms with Gasteiger partial charge in [-0.05, 0) is 11.7 Å². The molecular formula is C7H8Cl4Si2. The van der Waals surface area contributed by atoms with E-state index in [0.29, 0.717) is 0 Å². The SMILES string of the molecule is C[Si](Cl)(Cl)[Si](Cl)(Cl)c1ccccc1. The highest BCUT2D eigenvalue weighted by molar-refractivity contribution is 7.95. The van der Waals surface area contributed by atoms with E-state index in [9.17, 15) is 0 Å². The molecule has 0 heterocycles. The van der Waals surface area contributed by atoms with Crippen molar-refractivity contribution in [2.75, 3.05) is 0 Å². The van der Waals surface area contributed by atoms with Crippen LogP contribution in [0, 0.1) is 0 Å². The van der Waals surface area contributed by atoms with Crippen LogP contribution in [0.1, 0.15) is 0 Å². The molecule has 0 fully saturated rings. The minimum Gasteiger partial charge on any atom is -0.146 e. The fourth-order valence-electron chi connectivity index (χ4n) is 0.901. The summed E-state index contributed by atoms with van der Waals surface area (Å²) < 4.78 is 0. The zero-order valence-corrected chi connectivity index (χ0v) is 11.9. The van der Waals surface area contributed by atoms with Crippen molar-refractivity contribution in [1.82, 2.24) is 0 Å². The van der Waals surface area contributed by atoms with Gasteiger partial charge in [-0.15, -0.1) is 44.3 Å². The van der Waals surface area contributed by atoms with E-state index < -0.39 is 12.4 Å². The molecule has 0 unspecified atom stereocenters. The van der Waals surface area contributed by atoms with E-state index in [1.165, 1.54) is 0 Å². The van der Waals surface area contributed by atoms with Crippen LogP contribution >= 0.6 is 44.3 Å². The van der Waals surface area contributed by atoms with Crippen molar-refractivity contribution in [1.29, 1.82) is 0 Å². The quantitative estimate of drug-likeness (QED) is 0.578. The molecule has 1 rings (SSSR count). The molecule has 0 saturated carbocycles. The fourth-order valence-corrected chi connectivity index (χ4v) is 6.76. The van der Waals surface area contributed by atoms with E-state index in [1.807, 2.05) is 30.3 Å². The third kappa shape index (κ3) is 2.64. The number of rotatable bonds is 2. The first-order chi connectivity index (χ1) is 5.86. The van der Waals surface area contributed by atoms with Gasteiger partial charge in [0.05, 0.1) is 0 Å². The second kappa shape index (κ2) is 4.13. The largest absolute Gasteiger partial charge is 0.301 e. The number of hydrogen-bond acceptors (Lipinski definition) is 0. The standard InChI is InChI=1S/C7H8Cl4Si2/c1-12(8,9)13(10,11)7-5-3-2-4-6-7/h2-6H,1H3. The van der Waals surface area contributed by atoms with E-state index in [1.54, 1.807) is 6.55 Å². The molecule has 0 aromatic heterocycles. The lowest BCUT2D eigenvalue weighted by Gasteiger charge is -2.24.